The number of benzene rings is 1. The van der Waals surface area contributed by atoms with Crippen LogP contribution in [0.2, 0.25) is 0 Å². The molecule has 1 saturated heterocycles. The van der Waals surface area contributed by atoms with E-state index in [-0.39, 0.29) is 5.91 Å². The van der Waals surface area contributed by atoms with Crippen molar-refractivity contribution in [3.63, 3.8) is 0 Å². The Labute approximate surface area is 151 Å². The minimum absolute atomic E-state index is 0.0519. The van der Waals surface area contributed by atoms with Crippen molar-refractivity contribution in [2.24, 2.45) is 0 Å². The molecule has 3 aromatic rings. The fourth-order valence-electron chi connectivity index (χ4n) is 3.54. The molecule has 0 aliphatic carbocycles. The first kappa shape index (κ1) is 16.3. The van der Waals surface area contributed by atoms with E-state index in [1.165, 1.54) is 21.9 Å². The van der Waals surface area contributed by atoms with Crippen LogP contribution >= 0.6 is 11.3 Å². The molecule has 0 radical (unpaired) electrons. The smallest absolute Gasteiger partial charge is 0.222 e. The van der Waals surface area contributed by atoms with E-state index in [4.69, 9.17) is 0 Å². The number of hydrogen-bond acceptors (Lipinski definition) is 4. The SMILES string of the molecule is CC(=O)Nc1ccnn1C1CCN(Cc2cc3ccccc3s2)CC1. The summed E-state index contributed by atoms with van der Waals surface area (Å²) in [6, 6.07) is 13.1. The highest BCUT2D eigenvalue weighted by Crippen LogP contribution is 2.29. The van der Waals surface area contributed by atoms with Crippen LogP contribution in [0.4, 0.5) is 5.82 Å². The van der Waals surface area contributed by atoms with Crippen molar-refractivity contribution in [3.05, 3.63) is 47.5 Å². The second kappa shape index (κ2) is 6.98. The number of amides is 1. The average Bonchev–Trinajstić information content (AvgIpc) is 3.21. The van der Waals surface area contributed by atoms with Crippen LogP contribution in [-0.2, 0) is 11.3 Å². The monoisotopic (exact) mass is 354 g/mol. The van der Waals surface area contributed by atoms with E-state index in [1.54, 1.807) is 6.20 Å². The molecule has 0 saturated carbocycles. The second-order valence-electron chi connectivity index (χ2n) is 6.60. The largest absolute Gasteiger partial charge is 0.311 e. The van der Waals surface area contributed by atoms with E-state index >= 15 is 0 Å². The van der Waals surface area contributed by atoms with Crippen LogP contribution in [0.25, 0.3) is 10.1 Å². The zero-order valence-electron chi connectivity index (χ0n) is 14.3. The van der Waals surface area contributed by atoms with Crippen LogP contribution in [0.1, 0.15) is 30.7 Å². The van der Waals surface area contributed by atoms with Crippen LogP contribution in [0.3, 0.4) is 0 Å². The van der Waals surface area contributed by atoms with Crippen LogP contribution in [0.15, 0.2) is 42.6 Å². The van der Waals surface area contributed by atoms with Gasteiger partial charge in [0.15, 0.2) is 0 Å². The molecule has 25 heavy (non-hydrogen) atoms. The number of aromatic nitrogens is 2. The number of nitrogens with one attached hydrogen (secondary N) is 1. The highest BCUT2D eigenvalue weighted by molar-refractivity contribution is 7.19. The zero-order valence-corrected chi connectivity index (χ0v) is 15.1. The number of hydrogen-bond donors (Lipinski definition) is 1. The van der Waals surface area contributed by atoms with E-state index in [0.717, 1.165) is 38.3 Å². The van der Waals surface area contributed by atoms with Gasteiger partial charge in [-0.15, -0.1) is 11.3 Å². The third-order valence-electron chi connectivity index (χ3n) is 4.73. The van der Waals surface area contributed by atoms with E-state index < -0.39 is 0 Å². The number of likely N-dealkylation sites (tertiary alicyclic amines) is 1. The quantitative estimate of drug-likeness (QED) is 0.773. The molecule has 1 amide bonds. The average molecular weight is 354 g/mol. The summed E-state index contributed by atoms with van der Waals surface area (Å²) in [5, 5.41) is 8.62. The van der Waals surface area contributed by atoms with Crippen molar-refractivity contribution in [3.8, 4) is 0 Å². The standard InChI is InChI=1S/C19H22N4OS/c1-14(24)21-19-6-9-20-23(19)16-7-10-22(11-8-16)13-17-12-15-4-2-3-5-18(15)25-17/h2-6,9,12,16H,7-8,10-11,13H2,1H3,(H,21,24). The number of rotatable bonds is 4. The van der Waals surface area contributed by atoms with Crippen LogP contribution < -0.4 is 5.32 Å². The molecule has 6 heteroatoms. The molecule has 0 atom stereocenters. The molecule has 0 bridgehead atoms. The highest BCUT2D eigenvalue weighted by Gasteiger charge is 2.23. The Kier molecular flexibility index (Phi) is 4.55. The fraction of sp³-hybridized carbons (Fsp3) is 0.368. The summed E-state index contributed by atoms with van der Waals surface area (Å²) in [4.78, 5) is 15.3. The molecule has 1 fully saturated rings. The van der Waals surface area contributed by atoms with E-state index in [9.17, 15) is 4.79 Å². The molecule has 0 spiro atoms. The van der Waals surface area contributed by atoms with Crippen molar-refractivity contribution >= 4 is 33.1 Å². The van der Waals surface area contributed by atoms with Crippen molar-refractivity contribution < 1.29 is 4.79 Å². The molecule has 1 aliphatic rings. The van der Waals surface area contributed by atoms with Gasteiger partial charge in [-0.2, -0.15) is 5.10 Å². The summed E-state index contributed by atoms with van der Waals surface area (Å²) in [5.41, 5.74) is 0. The Hall–Kier alpha value is -2.18. The van der Waals surface area contributed by atoms with Gasteiger partial charge in [-0.25, -0.2) is 4.68 Å². The molecule has 5 nitrogen and oxygen atoms in total. The molecular formula is C19H22N4OS. The molecule has 3 heterocycles. The van der Waals surface area contributed by atoms with E-state index in [1.807, 2.05) is 22.1 Å². The third kappa shape index (κ3) is 3.60. The maximum atomic E-state index is 11.3. The van der Waals surface area contributed by atoms with Crippen molar-refractivity contribution in [2.45, 2.75) is 32.4 Å². The number of nitrogens with zero attached hydrogens (tertiary/aromatic N) is 3. The summed E-state index contributed by atoms with van der Waals surface area (Å²) >= 11 is 1.89. The van der Waals surface area contributed by atoms with Crippen molar-refractivity contribution in [1.29, 1.82) is 0 Å². The van der Waals surface area contributed by atoms with Crippen LogP contribution in [-0.4, -0.2) is 33.7 Å². The lowest BCUT2D eigenvalue weighted by atomic mass is 10.1. The number of carbonyl (C=O) groups excluding carboxylic acids is 1. The van der Waals surface area contributed by atoms with Gasteiger partial charge in [0.1, 0.15) is 5.82 Å². The lowest BCUT2D eigenvalue weighted by molar-refractivity contribution is -0.114. The maximum absolute atomic E-state index is 11.3. The van der Waals surface area contributed by atoms with Gasteiger partial charge in [0.05, 0.1) is 12.2 Å². The topological polar surface area (TPSA) is 50.2 Å². The molecule has 130 valence electrons. The summed E-state index contributed by atoms with van der Waals surface area (Å²) in [7, 11) is 0. The summed E-state index contributed by atoms with van der Waals surface area (Å²) in [5.74, 6) is 0.749. The van der Waals surface area contributed by atoms with Gasteiger partial charge in [-0.1, -0.05) is 18.2 Å². The predicted molar refractivity (Wildman–Crippen MR) is 102 cm³/mol. The zero-order chi connectivity index (χ0) is 17.2. The van der Waals surface area contributed by atoms with Gasteiger partial charge in [0, 0.05) is 42.2 Å². The Bertz CT molecular complexity index is 843. The van der Waals surface area contributed by atoms with Crippen LogP contribution in [0.5, 0.6) is 0 Å². The second-order valence-corrected chi connectivity index (χ2v) is 7.77. The number of piperidine rings is 1. The lowest BCUT2D eigenvalue weighted by Gasteiger charge is -2.32. The van der Waals surface area contributed by atoms with Crippen molar-refractivity contribution in [1.82, 2.24) is 14.7 Å². The summed E-state index contributed by atoms with van der Waals surface area (Å²) < 4.78 is 3.34. The molecule has 1 aromatic carbocycles. The first-order valence-electron chi connectivity index (χ1n) is 8.70. The van der Waals surface area contributed by atoms with E-state index in [2.05, 4.69) is 45.6 Å². The Morgan fingerprint density at radius 2 is 2.08 bits per heavy atom. The Morgan fingerprint density at radius 3 is 2.84 bits per heavy atom. The molecule has 0 unspecified atom stereocenters. The predicted octanol–water partition coefficient (Wildman–Crippen LogP) is 3.89. The summed E-state index contributed by atoms with van der Waals surface area (Å²) in [6.45, 7) is 4.66. The Balaban J connectivity index is 1.38. The summed E-state index contributed by atoms with van der Waals surface area (Å²) in [6.07, 6.45) is 3.87. The Morgan fingerprint density at radius 1 is 1.28 bits per heavy atom. The lowest BCUT2D eigenvalue weighted by Crippen LogP contribution is -2.34. The maximum Gasteiger partial charge on any atom is 0.222 e. The van der Waals surface area contributed by atoms with Crippen molar-refractivity contribution in [2.75, 3.05) is 18.4 Å². The minimum Gasteiger partial charge on any atom is -0.311 e. The highest BCUT2D eigenvalue weighted by atomic mass is 32.1. The first-order chi connectivity index (χ1) is 12.2. The fourth-order valence-corrected chi connectivity index (χ4v) is 4.65. The molecular weight excluding hydrogens is 332 g/mol. The number of fused-ring (bicyclic) bond motifs is 1. The molecule has 4 rings (SSSR count). The molecule has 1 aliphatic heterocycles. The van der Waals surface area contributed by atoms with Gasteiger partial charge in [-0.3, -0.25) is 9.69 Å². The molecule has 2 aromatic heterocycles. The number of thiophene rings is 1. The first-order valence-corrected chi connectivity index (χ1v) is 9.51. The van der Waals surface area contributed by atoms with Gasteiger partial charge in [0.25, 0.3) is 0 Å². The molecule has 1 N–H and O–H groups in total. The minimum atomic E-state index is -0.0519. The van der Waals surface area contributed by atoms with Gasteiger partial charge >= 0.3 is 0 Å². The number of anilines is 1. The van der Waals surface area contributed by atoms with Gasteiger partial charge in [0.2, 0.25) is 5.91 Å². The third-order valence-corrected chi connectivity index (χ3v) is 5.83. The van der Waals surface area contributed by atoms with E-state index in [0.29, 0.717) is 6.04 Å². The van der Waals surface area contributed by atoms with Gasteiger partial charge < -0.3 is 5.32 Å². The van der Waals surface area contributed by atoms with Crippen LogP contribution in [0, 0.1) is 0 Å². The number of carbonyl (C=O) groups is 1. The normalized spacial score (nSPS) is 16.4. The van der Waals surface area contributed by atoms with Gasteiger partial charge in [-0.05, 0) is 30.4 Å².